The zero-order chi connectivity index (χ0) is 19.9. The maximum absolute atomic E-state index is 12.0. The minimum absolute atomic E-state index is 0.0923. The lowest BCUT2D eigenvalue weighted by Gasteiger charge is -2.36. The zero-order valence-corrected chi connectivity index (χ0v) is 17.6. The van der Waals surface area contributed by atoms with E-state index < -0.39 is 0 Å². The molecule has 2 aromatic rings. The number of nitrogens with one attached hydrogen (secondary N) is 1. The minimum atomic E-state index is 0.0923. The van der Waals surface area contributed by atoms with Crippen LogP contribution in [0, 0.1) is 5.92 Å². The van der Waals surface area contributed by atoms with E-state index in [9.17, 15) is 4.79 Å². The first-order valence-corrected chi connectivity index (χ1v) is 10.5. The largest absolute Gasteiger partial charge is 0.369 e. The van der Waals surface area contributed by atoms with Crippen molar-refractivity contribution in [3.05, 3.63) is 59.1 Å². The van der Waals surface area contributed by atoms with E-state index >= 15 is 0 Å². The number of amides is 1. The number of nitrogens with zero attached hydrogens (tertiary/aromatic N) is 2. The summed E-state index contributed by atoms with van der Waals surface area (Å²) in [5, 5.41) is 3.83. The Labute approximate surface area is 173 Å². The van der Waals surface area contributed by atoms with Crippen LogP contribution < -0.4 is 10.2 Å². The summed E-state index contributed by atoms with van der Waals surface area (Å²) in [7, 11) is 0. The summed E-state index contributed by atoms with van der Waals surface area (Å²) in [5.74, 6) is 0.638. The van der Waals surface area contributed by atoms with Gasteiger partial charge in [-0.3, -0.25) is 9.69 Å². The first kappa shape index (κ1) is 20.7. The van der Waals surface area contributed by atoms with Crippen LogP contribution in [0.15, 0.2) is 48.5 Å². The number of carbonyl (C=O) groups excluding carboxylic acids is 1. The van der Waals surface area contributed by atoms with Crippen molar-refractivity contribution in [2.75, 3.05) is 36.4 Å². The van der Waals surface area contributed by atoms with Gasteiger partial charge in [0.05, 0.1) is 0 Å². The van der Waals surface area contributed by atoms with Gasteiger partial charge in [-0.1, -0.05) is 43.6 Å². The van der Waals surface area contributed by atoms with Crippen molar-refractivity contribution in [3.8, 4) is 0 Å². The van der Waals surface area contributed by atoms with Gasteiger partial charge in [-0.15, -0.1) is 0 Å². The van der Waals surface area contributed by atoms with Gasteiger partial charge in [0.25, 0.3) is 0 Å². The van der Waals surface area contributed by atoms with Crippen molar-refractivity contribution < 1.29 is 4.79 Å². The van der Waals surface area contributed by atoms with Crippen LogP contribution in [0.25, 0.3) is 0 Å². The first-order chi connectivity index (χ1) is 13.5. The Kier molecular flexibility index (Phi) is 7.35. The number of hydrogen-bond acceptors (Lipinski definition) is 3. The molecule has 0 unspecified atom stereocenters. The lowest BCUT2D eigenvalue weighted by molar-refractivity contribution is -0.116. The fourth-order valence-corrected chi connectivity index (χ4v) is 3.63. The molecule has 0 saturated carbocycles. The van der Waals surface area contributed by atoms with Gasteiger partial charge in [0.1, 0.15) is 0 Å². The van der Waals surface area contributed by atoms with Crippen LogP contribution >= 0.6 is 11.6 Å². The molecule has 2 aromatic carbocycles. The normalized spacial score (nSPS) is 15.1. The molecule has 150 valence electrons. The second-order valence-electron chi connectivity index (χ2n) is 7.88. The van der Waals surface area contributed by atoms with Gasteiger partial charge >= 0.3 is 0 Å². The van der Waals surface area contributed by atoms with Crippen molar-refractivity contribution in [3.63, 3.8) is 0 Å². The van der Waals surface area contributed by atoms with Gasteiger partial charge < -0.3 is 10.2 Å². The maximum atomic E-state index is 12.0. The molecule has 3 rings (SSSR count). The van der Waals surface area contributed by atoms with Crippen LogP contribution in [0.4, 0.5) is 11.4 Å². The average Bonchev–Trinajstić information content (AvgIpc) is 2.69. The number of hydrogen-bond donors (Lipinski definition) is 1. The van der Waals surface area contributed by atoms with E-state index in [4.69, 9.17) is 11.6 Å². The van der Waals surface area contributed by atoms with Crippen LogP contribution in [0.1, 0.15) is 32.3 Å². The lowest BCUT2D eigenvalue weighted by Crippen LogP contribution is -2.46. The number of carbonyl (C=O) groups is 1. The molecule has 1 amide bonds. The van der Waals surface area contributed by atoms with Gasteiger partial charge in [-0.05, 0) is 48.2 Å². The number of benzene rings is 2. The molecule has 0 radical (unpaired) electrons. The Morgan fingerprint density at radius 3 is 2.36 bits per heavy atom. The van der Waals surface area contributed by atoms with E-state index in [0.29, 0.717) is 12.3 Å². The summed E-state index contributed by atoms with van der Waals surface area (Å²) in [4.78, 5) is 16.8. The Morgan fingerprint density at radius 2 is 1.71 bits per heavy atom. The highest BCUT2D eigenvalue weighted by molar-refractivity contribution is 6.31. The minimum Gasteiger partial charge on any atom is -0.369 e. The van der Waals surface area contributed by atoms with Crippen molar-refractivity contribution in [1.82, 2.24) is 4.90 Å². The SMILES string of the molecule is CC(C)CCC(=O)Nc1ccc(N2CCN(Cc3ccccc3Cl)CC2)cc1. The quantitative estimate of drug-likeness (QED) is 0.708. The third-order valence-corrected chi connectivity index (χ3v) is 5.56. The fourth-order valence-electron chi connectivity index (χ4n) is 3.43. The average molecular weight is 400 g/mol. The zero-order valence-electron chi connectivity index (χ0n) is 16.8. The second-order valence-corrected chi connectivity index (χ2v) is 8.29. The molecule has 1 N–H and O–H groups in total. The topological polar surface area (TPSA) is 35.6 Å². The second kappa shape index (κ2) is 9.94. The molecule has 0 aliphatic carbocycles. The van der Waals surface area contributed by atoms with E-state index in [1.54, 1.807) is 0 Å². The summed E-state index contributed by atoms with van der Waals surface area (Å²) < 4.78 is 0. The maximum Gasteiger partial charge on any atom is 0.224 e. The standard InChI is InChI=1S/C23H30ClN3O/c1-18(2)7-12-23(28)25-20-8-10-21(11-9-20)27-15-13-26(14-16-27)17-19-5-3-4-6-22(19)24/h3-6,8-11,18H,7,12-17H2,1-2H3,(H,25,28). The monoisotopic (exact) mass is 399 g/mol. The van der Waals surface area contributed by atoms with Gasteiger partial charge in [-0.25, -0.2) is 0 Å². The molecule has 1 saturated heterocycles. The Bertz CT molecular complexity index is 768. The lowest BCUT2D eigenvalue weighted by atomic mass is 10.1. The number of anilines is 2. The van der Waals surface area contributed by atoms with Crippen molar-refractivity contribution in [2.24, 2.45) is 5.92 Å². The molecule has 0 aromatic heterocycles. The summed E-state index contributed by atoms with van der Waals surface area (Å²) >= 11 is 6.29. The molecule has 1 heterocycles. The van der Waals surface area contributed by atoms with Crippen LogP contribution in [-0.4, -0.2) is 37.0 Å². The molecule has 1 fully saturated rings. The molecule has 0 atom stereocenters. The molecule has 0 bridgehead atoms. The van der Waals surface area contributed by atoms with Gasteiger partial charge in [0.2, 0.25) is 5.91 Å². The molecule has 5 heteroatoms. The van der Waals surface area contributed by atoms with Gasteiger partial charge in [0, 0.05) is 55.5 Å². The fraction of sp³-hybridized carbons (Fsp3) is 0.435. The van der Waals surface area contributed by atoms with E-state index in [1.807, 2.05) is 30.3 Å². The molecular weight excluding hydrogens is 370 g/mol. The van der Waals surface area contributed by atoms with Gasteiger partial charge in [0.15, 0.2) is 0 Å². The predicted octanol–water partition coefficient (Wildman–Crippen LogP) is 5.04. The van der Waals surface area contributed by atoms with E-state index in [-0.39, 0.29) is 5.91 Å². The summed E-state index contributed by atoms with van der Waals surface area (Å²) in [6, 6.07) is 16.3. The summed E-state index contributed by atoms with van der Waals surface area (Å²) in [6.45, 7) is 9.17. The van der Waals surface area contributed by atoms with Crippen molar-refractivity contribution in [2.45, 2.75) is 33.2 Å². The van der Waals surface area contributed by atoms with Crippen LogP contribution in [-0.2, 0) is 11.3 Å². The van der Waals surface area contributed by atoms with Crippen molar-refractivity contribution in [1.29, 1.82) is 0 Å². The number of rotatable bonds is 7. The molecule has 1 aliphatic heterocycles. The molecule has 4 nitrogen and oxygen atoms in total. The highest BCUT2D eigenvalue weighted by Gasteiger charge is 2.18. The van der Waals surface area contributed by atoms with E-state index in [2.05, 4.69) is 47.2 Å². The molecule has 28 heavy (non-hydrogen) atoms. The summed E-state index contributed by atoms with van der Waals surface area (Å²) in [6.07, 6.45) is 1.50. The Hall–Kier alpha value is -2.04. The van der Waals surface area contributed by atoms with Crippen LogP contribution in [0.3, 0.4) is 0 Å². The molecular formula is C23H30ClN3O. The Balaban J connectivity index is 1.48. The smallest absolute Gasteiger partial charge is 0.224 e. The van der Waals surface area contributed by atoms with E-state index in [0.717, 1.165) is 49.9 Å². The molecule has 0 spiro atoms. The van der Waals surface area contributed by atoms with Crippen LogP contribution in [0.2, 0.25) is 5.02 Å². The Morgan fingerprint density at radius 1 is 1.04 bits per heavy atom. The van der Waals surface area contributed by atoms with E-state index in [1.165, 1.54) is 11.3 Å². The third kappa shape index (κ3) is 5.98. The number of halogens is 1. The summed E-state index contributed by atoms with van der Waals surface area (Å²) in [5.41, 5.74) is 3.27. The van der Waals surface area contributed by atoms with Crippen molar-refractivity contribution >= 4 is 28.9 Å². The van der Waals surface area contributed by atoms with Crippen LogP contribution in [0.5, 0.6) is 0 Å². The number of piperazine rings is 1. The molecule has 1 aliphatic rings. The highest BCUT2D eigenvalue weighted by atomic mass is 35.5. The third-order valence-electron chi connectivity index (χ3n) is 5.19. The highest BCUT2D eigenvalue weighted by Crippen LogP contribution is 2.22. The predicted molar refractivity (Wildman–Crippen MR) is 118 cm³/mol. The first-order valence-electron chi connectivity index (χ1n) is 10.1. The van der Waals surface area contributed by atoms with Gasteiger partial charge in [-0.2, -0.15) is 0 Å².